The minimum atomic E-state index is -0.244. The van der Waals surface area contributed by atoms with Crippen LogP contribution in [0.4, 0.5) is 5.69 Å². The number of hydrogen-bond acceptors (Lipinski definition) is 2. The monoisotopic (exact) mass is 326 g/mol. The van der Waals surface area contributed by atoms with Gasteiger partial charge in [-0.1, -0.05) is 42.1 Å². The van der Waals surface area contributed by atoms with Crippen molar-refractivity contribution in [3.05, 3.63) is 40.4 Å². The fourth-order valence-corrected chi connectivity index (χ4v) is 3.14. The molecule has 3 nitrogen and oxygen atoms in total. The summed E-state index contributed by atoms with van der Waals surface area (Å²) in [5.74, 6) is -0.244. The van der Waals surface area contributed by atoms with E-state index < -0.39 is 0 Å². The third-order valence-electron chi connectivity index (χ3n) is 3.87. The average Bonchev–Trinajstić information content (AvgIpc) is 2.87. The Morgan fingerprint density at radius 1 is 1.38 bits per heavy atom. The molecule has 0 bridgehead atoms. The zero-order valence-corrected chi connectivity index (χ0v) is 13.7. The zero-order chi connectivity index (χ0) is 15.5. The minimum absolute atomic E-state index is 0.00459. The molecule has 1 aliphatic carbocycles. The summed E-state index contributed by atoms with van der Waals surface area (Å²) < 4.78 is 0. The van der Waals surface area contributed by atoms with Gasteiger partial charge in [0.25, 0.3) is 5.91 Å². The Balaban J connectivity index is 2.33. The van der Waals surface area contributed by atoms with Crippen molar-refractivity contribution in [2.45, 2.75) is 38.1 Å². The van der Waals surface area contributed by atoms with Crippen molar-refractivity contribution in [2.75, 3.05) is 11.9 Å². The van der Waals surface area contributed by atoms with Crippen LogP contribution in [-0.4, -0.2) is 18.0 Å². The Kier molecular flexibility index (Phi) is 5.17. The van der Waals surface area contributed by atoms with Crippen molar-refractivity contribution in [3.8, 4) is 0 Å². The Morgan fingerprint density at radius 2 is 2.05 bits per heavy atom. The van der Waals surface area contributed by atoms with Crippen molar-refractivity contribution >= 4 is 34.8 Å². The van der Waals surface area contributed by atoms with Crippen LogP contribution in [0.3, 0.4) is 0 Å². The maximum atomic E-state index is 12.3. The Bertz CT molecular complexity index is 551. The number of amides is 1. The second-order valence-corrected chi connectivity index (χ2v) is 6.46. The normalized spacial score (nSPS) is 16.5. The fourth-order valence-electron chi connectivity index (χ4n) is 2.74. The lowest BCUT2D eigenvalue weighted by atomic mass is 9.99. The number of benzene rings is 1. The number of halogens is 2. The van der Waals surface area contributed by atoms with Crippen molar-refractivity contribution in [1.82, 2.24) is 5.32 Å². The van der Waals surface area contributed by atoms with Crippen LogP contribution in [0.15, 0.2) is 24.8 Å². The first-order valence-electron chi connectivity index (χ1n) is 7.12. The molecule has 114 valence electrons. The average molecular weight is 327 g/mol. The summed E-state index contributed by atoms with van der Waals surface area (Å²) in [6.07, 6.45) is 6.19. The number of carbonyl (C=O) groups is 1. The summed E-state index contributed by atoms with van der Waals surface area (Å²) in [6.45, 7) is 6.16. The molecule has 1 aromatic carbocycles. The van der Waals surface area contributed by atoms with E-state index in [1.807, 2.05) is 6.07 Å². The highest BCUT2D eigenvalue weighted by Crippen LogP contribution is 2.37. The molecule has 1 aromatic rings. The summed E-state index contributed by atoms with van der Waals surface area (Å²) in [5.41, 5.74) is 1.14. The van der Waals surface area contributed by atoms with E-state index in [-0.39, 0.29) is 16.5 Å². The molecule has 0 spiro atoms. The quantitative estimate of drug-likeness (QED) is 0.773. The van der Waals surface area contributed by atoms with Gasteiger partial charge in [-0.15, -0.1) is 6.58 Å². The SMILES string of the molecule is C=CCNC(=O)c1c(NC2(C)CCCC2)ccc(Cl)c1Cl. The number of nitrogens with one attached hydrogen (secondary N) is 2. The van der Waals surface area contributed by atoms with Crippen LogP contribution in [-0.2, 0) is 0 Å². The maximum Gasteiger partial charge on any atom is 0.255 e. The molecule has 1 fully saturated rings. The number of anilines is 1. The van der Waals surface area contributed by atoms with Crippen LogP contribution < -0.4 is 10.6 Å². The van der Waals surface area contributed by atoms with Gasteiger partial charge in [0, 0.05) is 17.8 Å². The molecule has 2 N–H and O–H groups in total. The van der Waals surface area contributed by atoms with Gasteiger partial charge in [0.2, 0.25) is 0 Å². The molecule has 2 rings (SSSR count). The van der Waals surface area contributed by atoms with Crippen molar-refractivity contribution < 1.29 is 4.79 Å². The maximum absolute atomic E-state index is 12.3. The molecule has 0 unspecified atom stereocenters. The van der Waals surface area contributed by atoms with Crippen LogP contribution in [0, 0.1) is 0 Å². The Morgan fingerprint density at radius 3 is 2.67 bits per heavy atom. The standard InChI is InChI=1S/C16H20Cl2N2O/c1-3-10-19-15(21)13-12(7-6-11(17)14(13)18)20-16(2)8-4-5-9-16/h3,6-7,20H,1,4-5,8-10H2,2H3,(H,19,21). The zero-order valence-electron chi connectivity index (χ0n) is 12.1. The van der Waals surface area contributed by atoms with Gasteiger partial charge in [0.1, 0.15) is 0 Å². The summed E-state index contributed by atoms with van der Waals surface area (Å²) in [4.78, 5) is 12.3. The molecular weight excluding hydrogens is 307 g/mol. The second kappa shape index (κ2) is 6.71. The van der Waals surface area contributed by atoms with E-state index >= 15 is 0 Å². The van der Waals surface area contributed by atoms with Gasteiger partial charge in [-0.2, -0.15) is 0 Å². The van der Waals surface area contributed by atoms with E-state index in [4.69, 9.17) is 23.2 Å². The van der Waals surface area contributed by atoms with E-state index in [0.717, 1.165) is 18.5 Å². The van der Waals surface area contributed by atoms with Crippen molar-refractivity contribution in [2.24, 2.45) is 0 Å². The molecule has 0 radical (unpaired) electrons. The lowest BCUT2D eigenvalue weighted by molar-refractivity contribution is 0.0959. The topological polar surface area (TPSA) is 41.1 Å². The van der Waals surface area contributed by atoms with Crippen LogP contribution in [0.2, 0.25) is 10.0 Å². The molecule has 1 amide bonds. The molecule has 0 saturated heterocycles. The van der Waals surface area contributed by atoms with Gasteiger partial charge in [-0.25, -0.2) is 0 Å². The molecule has 21 heavy (non-hydrogen) atoms. The smallest absolute Gasteiger partial charge is 0.255 e. The minimum Gasteiger partial charge on any atom is -0.379 e. The first-order chi connectivity index (χ1) is 9.97. The summed E-state index contributed by atoms with van der Waals surface area (Å²) >= 11 is 12.3. The summed E-state index contributed by atoms with van der Waals surface area (Å²) in [7, 11) is 0. The van der Waals surface area contributed by atoms with Gasteiger partial charge >= 0.3 is 0 Å². The summed E-state index contributed by atoms with van der Waals surface area (Å²) in [6, 6.07) is 3.54. The van der Waals surface area contributed by atoms with Crippen LogP contribution in [0.1, 0.15) is 43.0 Å². The first-order valence-corrected chi connectivity index (χ1v) is 7.88. The van der Waals surface area contributed by atoms with Gasteiger partial charge in [-0.05, 0) is 31.9 Å². The van der Waals surface area contributed by atoms with Gasteiger partial charge in [0.05, 0.1) is 15.6 Å². The van der Waals surface area contributed by atoms with E-state index in [9.17, 15) is 4.79 Å². The predicted molar refractivity (Wildman–Crippen MR) is 89.5 cm³/mol. The van der Waals surface area contributed by atoms with E-state index in [1.54, 1.807) is 12.1 Å². The molecule has 0 heterocycles. The van der Waals surface area contributed by atoms with Crippen LogP contribution in [0.5, 0.6) is 0 Å². The Hall–Kier alpha value is -1.19. The van der Waals surface area contributed by atoms with Gasteiger partial charge in [-0.3, -0.25) is 4.79 Å². The van der Waals surface area contributed by atoms with Gasteiger partial charge in [0.15, 0.2) is 0 Å². The largest absolute Gasteiger partial charge is 0.379 e. The van der Waals surface area contributed by atoms with Crippen molar-refractivity contribution in [3.63, 3.8) is 0 Å². The molecular formula is C16H20Cl2N2O. The summed E-state index contributed by atoms with van der Waals surface area (Å²) in [5, 5.41) is 6.90. The second-order valence-electron chi connectivity index (χ2n) is 5.68. The number of hydrogen-bond donors (Lipinski definition) is 2. The van der Waals surface area contributed by atoms with Crippen molar-refractivity contribution in [1.29, 1.82) is 0 Å². The highest BCUT2D eigenvalue weighted by Gasteiger charge is 2.30. The lowest BCUT2D eigenvalue weighted by Crippen LogP contribution is -2.33. The Labute approximate surface area is 135 Å². The highest BCUT2D eigenvalue weighted by molar-refractivity contribution is 6.44. The third-order valence-corrected chi connectivity index (χ3v) is 4.68. The highest BCUT2D eigenvalue weighted by atomic mass is 35.5. The van der Waals surface area contributed by atoms with Crippen LogP contribution in [0.25, 0.3) is 0 Å². The molecule has 1 aliphatic rings. The van der Waals surface area contributed by atoms with Gasteiger partial charge < -0.3 is 10.6 Å². The third kappa shape index (κ3) is 3.72. The van der Waals surface area contributed by atoms with E-state index in [2.05, 4.69) is 24.1 Å². The van der Waals surface area contributed by atoms with Crippen LogP contribution >= 0.6 is 23.2 Å². The fraction of sp³-hybridized carbons (Fsp3) is 0.438. The molecule has 1 saturated carbocycles. The molecule has 5 heteroatoms. The first kappa shape index (κ1) is 16.2. The predicted octanol–water partition coefficient (Wildman–Crippen LogP) is 4.65. The number of rotatable bonds is 5. The van der Waals surface area contributed by atoms with E-state index in [0.29, 0.717) is 17.1 Å². The van der Waals surface area contributed by atoms with E-state index in [1.165, 1.54) is 12.8 Å². The molecule has 0 aromatic heterocycles. The molecule has 0 aliphatic heterocycles. The number of carbonyl (C=O) groups excluding carboxylic acids is 1. The molecule has 0 atom stereocenters. The lowest BCUT2D eigenvalue weighted by Gasteiger charge is -2.28.